The zero-order valence-electron chi connectivity index (χ0n) is 18.3. The van der Waals surface area contributed by atoms with Gasteiger partial charge in [0.05, 0.1) is 35.4 Å². The zero-order chi connectivity index (χ0) is 25.6. The number of carboxylic acids is 2. The molecule has 0 fully saturated rings. The van der Waals surface area contributed by atoms with E-state index in [1.54, 1.807) is 19.2 Å². The van der Waals surface area contributed by atoms with E-state index in [-0.39, 0.29) is 11.3 Å². The van der Waals surface area contributed by atoms with Crippen LogP contribution in [0.15, 0.2) is 24.3 Å². The first kappa shape index (κ1) is 27.7. The Hall–Kier alpha value is -3.29. The molecule has 0 atom stereocenters. The number of aromatic carboxylic acids is 1. The van der Waals surface area contributed by atoms with E-state index >= 15 is 0 Å². The average Bonchev–Trinajstić information content (AvgIpc) is 2.99. The molecule has 1 aromatic heterocycles. The molecule has 10 nitrogen and oxygen atoms in total. The van der Waals surface area contributed by atoms with Crippen molar-refractivity contribution in [3.63, 3.8) is 0 Å². The first-order valence-corrected chi connectivity index (χ1v) is 11.3. The summed E-state index contributed by atoms with van der Waals surface area (Å²) in [6, 6.07) is 6.45. The zero-order valence-corrected chi connectivity index (χ0v) is 19.2. The van der Waals surface area contributed by atoms with Crippen molar-refractivity contribution in [3.8, 4) is 0 Å². The van der Waals surface area contributed by atoms with Crippen molar-refractivity contribution in [1.82, 2.24) is 9.78 Å². The molecule has 1 aromatic carbocycles. The summed E-state index contributed by atoms with van der Waals surface area (Å²) in [5.41, 5.74) is 2.64. The Kier molecular flexibility index (Phi) is 9.27. The lowest BCUT2D eigenvalue weighted by Crippen LogP contribution is -2.22. The summed E-state index contributed by atoms with van der Waals surface area (Å²) < 4.78 is 58.7. The van der Waals surface area contributed by atoms with Crippen molar-refractivity contribution in [1.29, 1.82) is 0 Å². The average molecular weight is 494 g/mol. The number of sulfonamides is 1. The minimum Gasteiger partial charge on any atom is -0.478 e. The molecule has 0 bridgehead atoms. The fourth-order valence-electron chi connectivity index (χ4n) is 2.78. The molecule has 2 aromatic rings. The number of aryl methyl sites for hydroxylation is 2. The third kappa shape index (κ3) is 9.00. The number of anilines is 2. The maximum absolute atomic E-state index is 11.6. The van der Waals surface area contributed by atoms with E-state index < -0.39 is 28.1 Å². The van der Waals surface area contributed by atoms with Gasteiger partial charge in [-0.3, -0.25) is 9.40 Å². The number of carboxylic acid groups (broad SMARTS) is 2. The van der Waals surface area contributed by atoms with Crippen LogP contribution < -0.4 is 9.62 Å². The molecule has 0 amide bonds. The van der Waals surface area contributed by atoms with Crippen molar-refractivity contribution in [3.05, 3.63) is 41.2 Å². The highest BCUT2D eigenvalue weighted by molar-refractivity contribution is 7.92. The predicted octanol–water partition coefficient (Wildman–Crippen LogP) is 2.94. The van der Waals surface area contributed by atoms with Gasteiger partial charge in [0.25, 0.3) is 0 Å². The maximum atomic E-state index is 11.6. The highest BCUT2D eigenvalue weighted by Crippen LogP contribution is 2.26. The van der Waals surface area contributed by atoms with Crippen LogP contribution in [0.4, 0.5) is 24.5 Å². The summed E-state index contributed by atoms with van der Waals surface area (Å²) in [7, 11) is -1.68. The summed E-state index contributed by atoms with van der Waals surface area (Å²) in [6.45, 7) is 5.27. The van der Waals surface area contributed by atoms with E-state index in [0.717, 1.165) is 30.6 Å². The predicted molar refractivity (Wildman–Crippen MR) is 115 cm³/mol. The number of alkyl halides is 3. The number of aliphatic carboxylic acids is 1. The fraction of sp³-hybridized carbons (Fsp3) is 0.421. The number of rotatable bonds is 8. The number of nitrogens with zero attached hydrogens (tertiary/aromatic N) is 3. The summed E-state index contributed by atoms with van der Waals surface area (Å²) in [4.78, 5) is 22.4. The number of benzene rings is 1. The van der Waals surface area contributed by atoms with Gasteiger partial charge >= 0.3 is 18.1 Å². The molecule has 0 radical (unpaired) electrons. The van der Waals surface area contributed by atoms with Crippen molar-refractivity contribution in [2.24, 2.45) is 0 Å². The highest BCUT2D eigenvalue weighted by Gasteiger charge is 2.38. The summed E-state index contributed by atoms with van der Waals surface area (Å²) in [5, 5.41) is 21.1. The van der Waals surface area contributed by atoms with Crippen LogP contribution in [-0.2, 0) is 27.9 Å². The van der Waals surface area contributed by atoms with E-state index in [0.29, 0.717) is 12.2 Å². The second-order valence-corrected chi connectivity index (χ2v) is 8.82. The van der Waals surface area contributed by atoms with Gasteiger partial charge in [-0.05, 0) is 37.6 Å². The second kappa shape index (κ2) is 11.0. The fourth-order valence-corrected chi connectivity index (χ4v) is 3.33. The van der Waals surface area contributed by atoms with Gasteiger partial charge in [0.15, 0.2) is 0 Å². The largest absolute Gasteiger partial charge is 0.490 e. The third-order valence-electron chi connectivity index (χ3n) is 4.00. The van der Waals surface area contributed by atoms with Gasteiger partial charge in [0.1, 0.15) is 0 Å². The van der Waals surface area contributed by atoms with Gasteiger partial charge < -0.3 is 15.1 Å². The Bertz CT molecular complexity index is 1100. The molecule has 3 N–H and O–H groups in total. The summed E-state index contributed by atoms with van der Waals surface area (Å²) in [6.07, 6.45) is -3.12. The SMILES string of the molecule is CCCn1nc(C)cc1CN(C)c1ccc(NS(C)(=O)=O)cc1C(=O)O.O=C(O)C(F)(F)F. The molecule has 1 heterocycles. The lowest BCUT2D eigenvalue weighted by Gasteiger charge is -2.22. The van der Waals surface area contributed by atoms with Crippen molar-refractivity contribution in [2.45, 2.75) is 39.5 Å². The van der Waals surface area contributed by atoms with Gasteiger partial charge in [0.2, 0.25) is 10.0 Å². The second-order valence-electron chi connectivity index (χ2n) is 7.07. The molecule has 0 aliphatic heterocycles. The maximum Gasteiger partial charge on any atom is 0.490 e. The van der Waals surface area contributed by atoms with E-state index in [1.807, 2.05) is 22.6 Å². The van der Waals surface area contributed by atoms with Gasteiger partial charge in [-0.2, -0.15) is 18.3 Å². The molecule has 0 unspecified atom stereocenters. The quantitative estimate of drug-likeness (QED) is 0.509. The Morgan fingerprint density at radius 3 is 2.24 bits per heavy atom. The lowest BCUT2D eigenvalue weighted by molar-refractivity contribution is -0.192. The molecule has 0 aliphatic carbocycles. The summed E-state index contributed by atoms with van der Waals surface area (Å²) >= 11 is 0. The molecule has 2 rings (SSSR count). The standard InChI is InChI=1S/C17H24N4O4S.C2HF3O2/c1-5-8-21-14(9-12(2)18-21)11-20(3)16-7-6-13(19-26(4,24)25)10-15(16)17(22)23;3-2(4,5)1(6)7/h6-7,9-10,19H,5,8,11H2,1-4H3,(H,22,23);(H,6,7). The molecule has 184 valence electrons. The number of hydrogen-bond acceptors (Lipinski definition) is 6. The molecule has 0 aliphatic rings. The van der Waals surface area contributed by atoms with Crippen LogP contribution in [0, 0.1) is 6.92 Å². The van der Waals surface area contributed by atoms with E-state index in [9.17, 15) is 31.5 Å². The first-order chi connectivity index (χ1) is 15.0. The van der Waals surface area contributed by atoms with Crippen LogP contribution in [0.5, 0.6) is 0 Å². The smallest absolute Gasteiger partial charge is 0.478 e. The van der Waals surface area contributed by atoms with Crippen LogP contribution >= 0.6 is 0 Å². The van der Waals surface area contributed by atoms with Crippen LogP contribution in [0.3, 0.4) is 0 Å². The van der Waals surface area contributed by atoms with Gasteiger partial charge in [-0.1, -0.05) is 6.92 Å². The van der Waals surface area contributed by atoms with Crippen molar-refractivity contribution < 1.29 is 41.4 Å². The van der Waals surface area contributed by atoms with Crippen LogP contribution in [0.25, 0.3) is 0 Å². The van der Waals surface area contributed by atoms with Crippen LogP contribution in [0.2, 0.25) is 0 Å². The minimum atomic E-state index is -5.08. The van der Waals surface area contributed by atoms with Gasteiger partial charge in [-0.25, -0.2) is 18.0 Å². The number of carbonyl (C=O) groups is 2. The number of aromatic nitrogens is 2. The van der Waals surface area contributed by atoms with Gasteiger partial charge in [-0.15, -0.1) is 0 Å². The first-order valence-electron chi connectivity index (χ1n) is 9.44. The Morgan fingerprint density at radius 2 is 1.79 bits per heavy atom. The van der Waals surface area contributed by atoms with Crippen LogP contribution in [-0.4, -0.2) is 59.8 Å². The molecule has 0 saturated carbocycles. The lowest BCUT2D eigenvalue weighted by atomic mass is 10.1. The highest BCUT2D eigenvalue weighted by atomic mass is 32.2. The number of halogens is 3. The number of nitrogens with one attached hydrogen (secondary N) is 1. The molecule has 0 spiro atoms. The molecule has 0 saturated heterocycles. The molecule has 14 heteroatoms. The van der Waals surface area contributed by atoms with Crippen LogP contribution in [0.1, 0.15) is 35.1 Å². The Morgan fingerprint density at radius 1 is 1.21 bits per heavy atom. The molecule has 33 heavy (non-hydrogen) atoms. The molecular weight excluding hydrogens is 469 g/mol. The monoisotopic (exact) mass is 494 g/mol. The van der Waals surface area contributed by atoms with E-state index in [4.69, 9.17) is 9.90 Å². The summed E-state index contributed by atoms with van der Waals surface area (Å²) in [5.74, 6) is -3.88. The van der Waals surface area contributed by atoms with E-state index in [2.05, 4.69) is 16.7 Å². The third-order valence-corrected chi connectivity index (χ3v) is 4.61. The molecular formula is C19H25F3N4O6S. The number of hydrogen-bond donors (Lipinski definition) is 3. The van der Waals surface area contributed by atoms with Crippen molar-refractivity contribution >= 4 is 33.3 Å². The topological polar surface area (TPSA) is 142 Å². The van der Waals surface area contributed by atoms with Gasteiger partial charge in [0, 0.05) is 19.3 Å². The minimum absolute atomic E-state index is 0.0272. The Balaban J connectivity index is 0.000000675. The van der Waals surface area contributed by atoms with Crippen molar-refractivity contribution in [2.75, 3.05) is 22.9 Å². The Labute approximate surface area is 188 Å². The normalized spacial score (nSPS) is 11.4. The van der Waals surface area contributed by atoms with E-state index in [1.165, 1.54) is 6.07 Å².